The second-order valence-corrected chi connectivity index (χ2v) is 6.62. The van der Waals surface area contributed by atoms with E-state index in [4.69, 9.17) is 18.9 Å². The number of sulfonamides is 1. The first kappa shape index (κ1) is 17.2. The number of hydrogen-bond donors (Lipinski definition) is 1. The van der Waals surface area contributed by atoms with E-state index in [1.54, 1.807) is 6.07 Å². The zero-order valence-corrected chi connectivity index (χ0v) is 14.4. The number of fused-ring (bicyclic) bond motifs is 1. The molecule has 0 saturated heterocycles. The molecule has 1 aromatic carbocycles. The van der Waals surface area contributed by atoms with Gasteiger partial charge >= 0.3 is 12.0 Å². The second kappa shape index (κ2) is 7.07. The Morgan fingerprint density at radius 1 is 1.04 bits per heavy atom. The molecule has 0 aliphatic carbocycles. The smallest absolute Gasteiger partial charge is 0.322 e. The van der Waals surface area contributed by atoms with E-state index in [-0.39, 0.29) is 29.3 Å². The van der Waals surface area contributed by atoms with Crippen molar-refractivity contribution in [3.8, 4) is 23.5 Å². The van der Waals surface area contributed by atoms with Crippen LogP contribution in [0, 0.1) is 0 Å². The first-order valence-corrected chi connectivity index (χ1v) is 8.72. The molecule has 0 bridgehead atoms. The molecule has 10 nitrogen and oxygen atoms in total. The maximum absolute atomic E-state index is 12.5. The molecule has 1 aliphatic heterocycles. The third-order valence-corrected chi connectivity index (χ3v) is 4.65. The number of rotatable bonds is 6. The number of hydrogen-bond acceptors (Lipinski definition) is 9. The molecular formula is C14H16N4O6S. The Morgan fingerprint density at radius 2 is 1.68 bits per heavy atom. The Bertz CT molecular complexity index is 851. The molecule has 3 rings (SSSR count). The lowest BCUT2D eigenvalue weighted by molar-refractivity contribution is 0.171. The van der Waals surface area contributed by atoms with Gasteiger partial charge in [0.15, 0.2) is 17.3 Å². The van der Waals surface area contributed by atoms with Crippen LogP contribution in [-0.4, -0.2) is 50.8 Å². The lowest BCUT2D eigenvalue weighted by Gasteiger charge is -2.18. The Kier molecular flexibility index (Phi) is 4.86. The third-order valence-electron chi connectivity index (χ3n) is 3.25. The van der Waals surface area contributed by atoms with Crippen molar-refractivity contribution < 1.29 is 27.4 Å². The zero-order chi connectivity index (χ0) is 17.9. The minimum Gasteiger partial charge on any atom is -0.486 e. The minimum absolute atomic E-state index is 0.0281. The van der Waals surface area contributed by atoms with Crippen molar-refractivity contribution in [1.82, 2.24) is 19.7 Å². The van der Waals surface area contributed by atoms with Crippen LogP contribution in [-0.2, 0) is 16.6 Å². The summed E-state index contributed by atoms with van der Waals surface area (Å²) in [5, 5.41) is 0. The lowest BCUT2D eigenvalue weighted by atomic mass is 10.3. The van der Waals surface area contributed by atoms with Crippen LogP contribution < -0.4 is 23.7 Å². The van der Waals surface area contributed by atoms with Gasteiger partial charge in [0.05, 0.1) is 25.7 Å². The van der Waals surface area contributed by atoms with Crippen LogP contribution >= 0.6 is 0 Å². The van der Waals surface area contributed by atoms with E-state index in [9.17, 15) is 8.42 Å². The molecule has 134 valence electrons. The molecule has 1 N–H and O–H groups in total. The van der Waals surface area contributed by atoms with Crippen molar-refractivity contribution in [3.05, 3.63) is 24.0 Å². The Balaban J connectivity index is 1.78. The first-order valence-electron chi connectivity index (χ1n) is 7.24. The van der Waals surface area contributed by atoms with E-state index in [2.05, 4.69) is 19.7 Å². The summed E-state index contributed by atoms with van der Waals surface area (Å²) >= 11 is 0. The van der Waals surface area contributed by atoms with Crippen molar-refractivity contribution in [1.29, 1.82) is 0 Å². The van der Waals surface area contributed by atoms with E-state index in [0.29, 0.717) is 24.7 Å². The summed E-state index contributed by atoms with van der Waals surface area (Å²) in [6, 6.07) is 4.45. The number of aromatic nitrogens is 3. The van der Waals surface area contributed by atoms with E-state index in [1.165, 1.54) is 26.4 Å². The van der Waals surface area contributed by atoms with Crippen LogP contribution in [0.15, 0.2) is 23.1 Å². The van der Waals surface area contributed by atoms with Crippen molar-refractivity contribution in [2.75, 3.05) is 27.4 Å². The molecular weight excluding hydrogens is 352 g/mol. The quantitative estimate of drug-likeness (QED) is 0.758. The monoisotopic (exact) mass is 368 g/mol. The normalized spacial score (nSPS) is 13.4. The van der Waals surface area contributed by atoms with Crippen molar-refractivity contribution in [2.45, 2.75) is 11.4 Å². The van der Waals surface area contributed by atoms with Crippen LogP contribution in [0.25, 0.3) is 0 Å². The van der Waals surface area contributed by atoms with E-state index >= 15 is 0 Å². The SMILES string of the molecule is COc1nc(CNS(=O)(=O)c2ccc3c(c2)OCCO3)nc(OC)n1. The highest BCUT2D eigenvalue weighted by atomic mass is 32.2. The average Bonchev–Trinajstić information content (AvgIpc) is 2.65. The lowest BCUT2D eigenvalue weighted by Crippen LogP contribution is -2.25. The van der Waals surface area contributed by atoms with Gasteiger partial charge in [0.25, 0.3) is 0 Å². The van der Waals surface area contributed by atoms with Crippen molar-refractivity contribution >= 4 is 10.0 Å². The van der Waals surface area contributed by atoms with Crippen LogP contribution in [0.4, 0.5) is 0 Å². The first-order chi connectivity index (χ1) is 12.0. The maximum atomic E-state index is 12.5. The standard InChI is InChI=1S/C14H16N4O6S/c1-21-13-16-12(17-14(18-13)22-2)8-15-25(19,20)9-3-4-10-11(7-9)24-6-5-23-10/h3-4,7,15H,5-6,8H2,1-2H3. The van der Waals surface area contributed by atoms with Gasteiger partial charge in [-0.15, -0.1) is 4.98 Å². The largest absolute Gasteiger partial charge is 0.486 e. The third kappa shape index (κ3) is 3.88. The minimum atomic E-state index is -3.80. The molecule has 0 atom stereocenters. The fourth-order valence-corrected chi connectivity index (χ4v) is 3.07. The molecule has 0 radical (unpaired) electrons. The summed E-state index contributed by atoms with van der Waals surface area (Å²) in [4.78, 5) is 11.8. The average molecular weight is 368 g/mol. The van der Waals surface area contributed by atoms with Gasteiger partial charge in [-0.1, -0.05) is 0 Å². The molecule has 0 amide bonds. The summed E-state index contributed by atoms with van der Waals surface area (Å²) in [6.07, 6.45) is 0. The summed E-state index contributed by atoms with van der Waals surface area (Å²) in [7, 11) is -1.03. The topological polar surface area (TPSA) is 122 Å². The van der Waals surface area contributed by atoms with Gasteiger partial charge in [-0.25, -0.2) is 13.1 Å². The van der Waals surface area contributed by atoms with Gasteiger partial charge < -0.3 is 18.9 Å². The number of methoxy groups -OCH3 is 2. The van der Waals surface area contributed by atoms with Gasteiger partial charge in [-0.05, 0) is 12.1 Å². The molecule has 0 saturated carbocycles. The van der Waals surface area contributed by atoms with Crippen molar-refractivity contribution in [3.63, 3.8) is 0 Å². The molecule has 0 spiro atoms. The van der Waals surface area contributed by atoms with Gasteiger partial charge in [0.2, 0.25) is 10.0 Å². The molecule has 0 fully saturated rings. The summed E-state index contributed by atoms with van der Waals surface area (Å²) in [5.41, 5.74) is 0. The fourth-order valence-electron chi connectivity index (χ4n) is 2.07. The Hall–Kier alpha value is -2.66. The molecule has 25 heavy (non-hydrogen) atoms. The molecule has 0 unspecified atom stereocenters. The number of ether oxygens (including phenoxy) is 4. The van der Waals surface area contributed by atoms with Crippen LogP contribution in [0.3, 0.4) is 0 Å². The van der Waals surface area contributed by atoms with Gasteiger partial charge in [0, 0.05) is 6.07 Å². The number of nitrogens with one attached hydrogen (secondary N) is 1. The van der Waals surface area contributed by atoms with Crippen LogP contribution in [0.5, 0.6) is 23.5 Å². The van der Waals surface area contributed by atoms with Gasteiger partial charge in [-0.3, -0.25) is 0 Å². The number of nitrogens with zero attached hydrogens (tertiary/aromatic N) is 3. The van der Waals surface area contributed by atoms with Crippen LogP contribution in [0.1, 0.15) is 5.82 Å². The zero-order valence-electron chi connectivity index (χ0n) is 13.6. The fraction of sp³-hybridized carbons (Fsp3) is 0.357. The highest BCUT2D eigenvalue weighted by molar-refractivity contribution is 7.89. The molecule has 2 aromatic rings. The maximum Gasteiger partial charge on any atom is 0.322 e. The van der Waals surface area contributed by atoms with E-state index in [1.807, 2.05) is 0 Å². The van der Waals surface area contributed by atoms with Crippen molar-refractivity contribution in [2.24, 2.45) is 0 Å². The summed E-state index contributed by atoms with van der Waals surface area (Å²) < 4.78 is 48.0. The molecule has 1 aromatic heterocycles. The predicted molar refractivity (Wildman–Crippen MR) is 84.4 cm³/mol. The van der Waals surface area contributed by atoms with Gasteiger partial charge in [-0.2, -0.15) is 9.97 Å². The Morgan fingerprint density at radius 3 is 2.32 bits per heavy atom. The highest BCUT2D eigenvalue weighted by Crippen LogP contribution is 2.32. The Labute approximate surface area is 144 Å². The summed E-state index contributed by atoms with van der Waals surface area (Å²) in [5.74, 6) is 1.06. The summed E-state index contributed by atoms with van der Waals surface area (Å²) in [6.45, 7) is 0.640. The molecule has 2 heterocycles. The van der Waals surface area contributed by atoms with Crippen LogP contribution in [0.2, 0.25) is 0 Å². The molecule has 11 heteroatoms. The molecule has 1 aliphatic rings. The predicted octanol–water partition coefficient (Wildman–Crippen LogP) is 0.138. The van der Waals surface area contributed by atoms with E-state index < -0.39 is 10.0 Å². The second-order valence-electron chi connectivity index (χ2n) is 4.86. The van der Waals surface area contributed by atoms with E-state index in [0.717, 1.165) is 0 Å². The van der Waals surface area contributed by atoms with Gasteiger partial charge in [0.1, 0.15) is 13.2 Å². The number of benzene rings is 1. The highest BCUT2D eigenvalue weighted by Gasteiger charge is 2.20.